The summed E-state index contributed by atoms with van der Waals surface area (Å²) in [5.74, 6) is 0. The van der Waals surface area contributed by atoms with Gasteiger partial charge in [0.25, 0.3) is 5.56 Å². The fourth-order valence-electron chi connectivity index (χ4n) is 2.01. The third kappa shape index (κ3) is 0.798. The van der Waals surface area contributed by atoms with Crippen molar-refractivity contribution >= 4 is 5.65 Å². The maximum Gasteiger partial charge on any atom is 0.254 e. The predicted octanol–water partition coefficient (Wildman–Crippen LogP) is 0.511. The molecule has 2 aromatic heterocycles. The van der Waals surface area contributed by atoms with Crippen molar-refractivity contribution in [1.82, 2.24) is 14.6 Å². The fraction of sp³-hybridized carbons (Fsp3) is 0.333. The lowest BCUT2D eigenvalue weighted by atomic mass is 10.3. The van der Waals surface area contributed by atoms with Gasteiger partial charge in [-0.25, -0.2) is 4.52 Å². The number of H-pyrrole nitrogens is 1. The van der Waals surface area contributed by atoms with Crippen LogP contribution in [0.3, 0.4) is 0 Å². The summed E-state index contributed by atoms with van der Waals surface area (Å²) in [6, 6.07) is 1.82. The van der Waals surface area contributed by atoms with Crippen molar-refractivity contribution in [1.29, 1.82) is 0 Å². The molecular formula is C9H9N3O. The number of hydrogen-bond donors (Lipinski definition) is 1. The quantitative estimate of drug-likeness (QED) is 0.634. The molecule has 2 aromatic rings. The molecule has 0 atom stereocenters. The van der Waals surface area contributed by atoms with Crippen LogP contribution in [0, 0.1) is 0 Å². The summed E-state index contributed by atoms with van der Waals surface area (Å²) in [7, 11) is 0. The minimum atomic E-state index is 0.0560. The highest BCUT2D eigenvalue weighted by Crippen LogP contribution is 2.17. The summed E-state index contributed by atoms with van der Waals surface area (Å²) in [5, 5.41) is 4.18. The van der Waals surface area contributed by atoms with Crippen molar-refractivity contribution in [2.45, 2.75) is 19.3 Å². The molecule has 1 aliphatic rings. The molecule has 0 fully saturated rings. The average Bonchev–Trinajstić information content (AvgIpc) is 2.66. The summed E-state index contributed by atoms with van der Waals surface area (Å²) < 4.78 is 1.84. The van der Waals surface area contributed by atoms with E-state index in [1.54, 1.807) is 6.20 Å². The molecule has 0 unspecified atom stereocenters. The van der Waals surface area contributed by atoms with Gasteiger partial charge in [0, 0.05) is 11.6 Å². The minimum Gasteiger partial charge on any atom is -0.307 e. The van der Waals surface area contributed by atoms with Gasteiger partial charge in [-0.15, -0.1) is 0 Å². The Morgan fingerprint density at radius 1 is 1.46 bits per heavy atom. The van der Waals surface area contributed by atoms with E-state index in [9.17, 15) is 4.79 Å². The first-order valence-electron chi connectivity index (χ1n) is 4.44. The summed E-state index contributed by atoms with van der Waals surface area (Å²) in [4.78, 5) is 14.3. The molecule has 0 aromatic carbocycles. The Bertz CT molecular complexity index is 523. The van der Waals surface area contributed by atoms with Crippen LogP contribution in [-0.4, -0.2) is 14.6 Å². The smallest absolute Gasteiger partial charge is 0.254 e. The van der Waals surface area contributed by atoms with E-state index in [2.05, 4.69) is 10.1 Å². The molecule has 0 radical (unpaired) electrons. The average molecular weight is 175 g/mol. The van der Waals surface area contributed by atoms with E-state index >= 15 is 0 Å². The van der Waals surface area contributed by atoms with Crippen molar-refractivity contribution in [3.8, 4) is 0 Å². The van der Waals surface area contributed by atoms with Crippen molar-refractivity contribution in [2.24, 2.45) is 0 Å². The molecule has 1 aliphatic carbocycles. The highest BCUT2D eigenvalue weighted by atomic mass is 16.1. The lowest BCUT2D eigenvalue weighted by Gasteiger charge is -2.00. The molecule has 0 saturated carbocycles. The molecule has 4 heteroatoms. The van der Waals surface area contributed by atoms with Crippen molar-refractivity contribution in [3.63, 3.8) is 0 Å². The second-order valence-corrected chi connectivity index (χ2v) is 3.36. The number of rotatable bonds is 0. The first kappa shape index (κ1) is 6.88. The summed E-state index contributed by atoms with van der Waals surface area (Å²) >= 11 is 0. The van der Waals surface area contributed by atoms with Crippen LogP contribution in [-0.2, 0) is 12.8 Å². The molecule has 0 aliphatic heterocycles. The molecule has 1 N–H and O–H groups in total. The number of aromatic amines is 1. The van der Waals surface area contributed by atoms with Gasteiger partial charge in [0.15, 0.2) is 0 Å². The lowest BCUT2D eigenvalue weighted by Crippen LogP contribution is -2.15. The number of fused-ring (bicyclic) bond motifs is 3. The van der Waals surface area contributed by atoms with Crippen molar-refractivity contribution < 1.29 is 0 Å². The Morgan fingerprint density at radius 2 is 2.38 bits per heavy atom. The van der Waals surface area contributed by atoms with Gasteiger partial charge in [0.05, 0.1) is 11.9 Å². The largest absolute Gasteiger partial charge is 0.307 e. The van der Waals surface area contributed by atoms with E-state index in [1.807, 2.05) is 10.6 Å². The number of nitrogens with zero attached hydrogens (tertiary/aromatic N) is 2. The second kappa shape index (κ2) is 2.22. The fourth-order valence-corrected chi connectivity index (χ4v) is 2.01. The normalized spacial score (nSPS) is 15.1. The maximum absolute atomic E-state index is 11.5. The number of aromatic nitrogens is 3. The second-order valence-electron chi connectivity index (χ2n) is 3.36. The molecule has 4 nitrogen and oxygen atoms in total. The third-order valence-corrected chi connectivity index (χ3v) is 2.60. The van der Waals surface area contributed by atoms with E-state index in [0.717, 1.165) is 36.2 Å². The molecule has 0 bridgehead atoms. The summed E-state index contributed by atoms with van der Waals surface area (Å²) in [5.41, 5.74) is 2.85. The van der Waals surface area contributed by atoms with Crippen LogP contribution in [0.1, 0.15) is 17.7 Å². The van der Waals surface area contributed by atoms with Gasteiger partial charge in [-0.3, -0.25) is 4.79 Å². The number of hydrogen-bond acceptors (Lipinski definition) is 2. The van der Waals surface area contributed by atoms with Crippen LogP contribution >= 0.6 is 0 Å². The SMILES string of the molecule is O=c1[nH]c2ccnn2c2c1CCC2. The Hall–Kier alpha value is -1.58. The van der Waals surface area contributed by atoms with Crippen LogP contribution in [0.15, 0.2) is 17.1 Å². The summed E-state index contributed by atoms with van der Waals surface area (Å²) in [6.45, 7) is 0. The standard InChI is InChI=1S/C9H9N3O/c13-9-6-2-1-3-7(6)12-8(11-9)4-5-10-12/h4-5H,1-3H2,(H,11,13). The highest BCUT2D eigenvalue weighted by Gasteiger charge is 2.18. The molecule has 0 saturated heterocycles. The zero-order chi connectivity index (χ0) is 8.84. The van der Waals surface area contributed by atoms with Gasteiger partial charge in [-0.2, -0.15) is 5.10 Å². The van der Waals surface area contributed by atoms with Crippen molar-refractivity contribution in [2.75, 3.05) is 0 Å². The monoisotopic (exact) mass is 175 g/mol. The molecule has 0 spiro atoms. The zero-order valence-corrected chi connectivity index (χ0v) is 7.08. The van der Waals surface area contributed by atoms with Gasteiger partial charge >= 0.3 is 0 Å². The molecule has 13 heavy (non-hydrogen) atoms. The maximum atomic E-state index is 11.5. The predicted molar refractivity (Wildman–Crippen MR) is 47.8 cm³/mol. The van der Waals surface area contributed by atoms with Crippen LogP contribution < -0.4 is 5.56 Å². The van der Waals surface area contributed by atoms with Crippen LogP contribution in [0.5, 0.6) is 0 Å². The van der Waals surface area contributed by atoms with Gasteiger partial charge in [-0.1, -0.05) is 0 Å². The highest BCUT2D eigenvalue weighted by molar-refractivity contribution is 5.40. The Morgan fingerprint density at radius 3 is 3.31 bits per heavy atom. The van der Waals surface area contributed by atoms with E-state index in [-0.39, 0.29) is 5.56 Å². The molecule has 3 rings (SSSR count). The van der Waals surface area contributed by atoms with Gasteiger partial charge in [0.2, 0.25) is 0 Å². The van der Waals surface area contributed by atoms with E-state index < -0.39 is 0 Å². The Kier molecular flexibility index (Phi) is 1.17. The lowest BCUT2D eigenvalue weighted by molar-refractivity contribution is 0.835. The van der Waals surface area contributed by atoms with Crippen LogP contribution in [0.4, 0.5) is 0 Å². The Labute approximate surface area is 74.2 Å². The molecule has 66 valence electrons. The summed E-state index contributed by atoms with van der Waals surface area (Å²) in [6.07, 6.45) is 4.64. The third-order valence-electron chi connectivity index (χ3n) is 2.60. The van der Waals surface area contributed by atoms with Gasteiger partial charge in [-0.05, 0) is 19.3 Å². The number of aryl methyl sites for hydroxylation is 1. The van der Waals surface area contributed by atoms with E-state index in [0.29, 0.717) is 0 Å². The van der Waals surface area contributed by atoms with Crippen LogP contribution in [0.25, 0.3) is 5.65 Å². The van der Waals surface area contributed by atoms with Gasteiger partial charge < -0.3 is 4.98 Å². The van der Waals surface area contributed by atoms with Gasteiger partial charge in [0.1, 0.15) is 5.65 Å². The molecule has 2 heterocycles. The Balaban J connectivity index is 2.55. The first-order chi connectivity index (χ1) is 6.36. The van der Waals surface area contributed by atoms with E-state index in [1.165, 1.54) is 0 Å². The molecular weight excluding hydrogens is 166 g/mol. The first-order valence-corrected chi connectivity index (χ1v) is 4.44. The van der Waals surface area contributed by atoms with Crippen LogP contribution in [0.2, 0.25) is 0 Å². The zero-order valence-electron chi connectivity index (χ0n) is 7.08. The van der Waals surface area contributed by atoms with E-state index in [4.69, 9.17) is 0 Å². The minimum absolute atomic E-state index is 0.0560. The number of nitrogens with one attached hydrogen (secondary N) is 1. The topological polar surface area (TPSA) is 50.2 Å². The van der Waals surface area contributed by atoms with Crippen molar-refractivity contribution in [3.05, 3.63) is 33.9 Å². The molecule has 0 amide bonds.